The fraction of sp³-hybridized carbons (Fsp3) is 0.875. The second kappa shape index (κ2) is 5.24. The molecule has 4 nitrogen and oxygen atoms in total. The molecule has 1 aromatic rings. The van der Waals surface area contributed by atoms with E-state index in [1.807, 2.05) is 0 Å². The molecule has 5 rings (SSSR count). The van der Waals surface area contributed by atoms with Gasteiger partial charge in [-0.1, -0.05) is 0 Å². The zero-order valence-corrected chi connectivity index (χ0v) is 13.5. The average molecular weight is 310 g/mol. The normalized spacial score (nSPS) is 37.3. The van der Waals surface area contributed by atoms with Crippen molar-refractivity contribution in [3.63, 3.8) is 0 Å². The predicted octanol–water partition coefficient (Wildman–Crippen LogP) is 3.13. The highest BCUT2D eigenvalue weighted by atomic mass is 35.5. The monoisotopic (exact) mass is 309 g/mol. The SMILES string of the molecule is COCCn1c(CCl)nnc1C12CC3CC(CC(C3)C1)C2. The molecule has 0 saturated heterocycles. The van der Waals surface area contributed by atoms with E-state index in [-0.39, 0.29) is 5.41 Å². The van der Waals surface area contributed by atoms with Gasteiger partial charge in [-0.3, -0.25) is 0 Å². The van der Waals surface area contributed by atoms with Gasteiger partial charge in [-0.2, -0.15) is 0 Å². The quantitative estimate of drug-likeness (QED) is 0.785. The van der Waals surface area contributed by atoms with Crippen molar-refractivity contribution in [2.24, 2.45) is 17.8 Å². The summed E-state index contributed by atoms with van der Waals surface area (Å²) in [6.45, 7) is 1.52. The molecule has 1 heterocycles. The van der Waals surface area contributed by atoms with Gasteiger partial charge < -0.3 is 9.30 Å². The maximum atomic E-state index is 6.07. The van der Waals surface area contributed by atoms with Crippen LogP contribution in [-0.2, 0) is 22.6 Å². The molecule has 0 spiro atoms. The molecule has 0 unspecified atom stereocenters. The van der Waals surface area contributed by atoms with Crippen molar-refractivity contribution in [1.82, 2.24) is 14.8 Å². The number of nitrogens with zero attached hydrogens (tertiary/aromatic N) is 3. The number of rotatable bonds is 5. The zero-order valence-electron chi connectivity index (χ0n) is 12.7. The van der Waals surface area contributed by atoms with Crippen LogP contribution in [0, 0.1) is 17.8 Å². The van der Waals surface area contributed by atoms with Crippen LogP contribution in [0.2, 0.25) is 0 Å². The van der Waals surface area contributed by atoms with Crippen molar-refractivity contribution in [3.05, 3.63) is 11.6 Å². The van der Waals surface area contributed by atoms with E-state index in [0.717, 1.165) is 30.1 Å². The highest BCUT2D eigenvalue weighted by Crippen LogP contribution is 2.60. The second-order valence-electron chi connectivity index (χ2n) is 7.42. The van der Waals surface area contributed by atoms with E-state index in [0.29, 0.717) is 12.5 Å². The van der Waals surface area contributed by atoms with Crippen LogP contribution in [0.5, 0.6) is 0 Å². The maximum absolute atomic E-state index is 6.07. The van der Waals surface area contributed by atoms with Crippen molar-refractivity contribution in [2.45, 2.75) is 56.4 Å². The van der Waals surface area contributed by atoms with Crippen molar-refractivity contribution >= 4 is 11.6 Å². The molecule has 1 aromatic heterocycles. The Hall–Kier alpha value is -0.610. The van der Waals surface area contributed by atoms with Gasteiger partial charge in [0.15, 0.2) is 0 Å². The Balaban J connectivity index is 1.71. The van der Waals surface area contributed by atoms with E-state index in [1.54, 1.807) is 7.11 Å². The predicted molar refractivity (Wildman–Crippen MR) is 81.3 cm³/mol. The van der Waals surface area contributed by atoms with Gasteiger partial charge in [0.05, 0.1) is 12.5 Å². The third-order valence-corrected chi connectivity index (χ3v) is 6.22. The highest BCUT2D eigenvalue weighted by Gasteiger charge is 2.53. The summed E-state index contributed by atoms with van der Waals surface area (Å²) in [5.74, 6) is 5.30. The van der Waals surface area contributed by atoms with E-state index in [2.05, 4.69) is 14.8 Å². The van der Waals surface area contributed by atoms with Crippen LogP contribution >= 0.6 is 11.6 Å². The molecular formula is C16H24ClN3O. The Morgan fingerprint density at radius 3 is 2.29 bits per heavy atom. The Morgan fingerprint density at radius 2 is 1.76 bits per heavy atom. The third-order valence-electron chi connectivity index (χ3n) is 5.98. The third kappa shape index (κ3) is 2.22. The molecule has 4 aliphatic carbocycles. The van der Waals surface area contributed by atoms with E-state index < -0.39 is 0 Å². The summed E-state index contributed by atoms with van der Waals surface area (Å²) in [6.07, 6.45) is 8.29. The van der Waals surface area contributed by atoms with Crippen LogP contribution in [0.4, 0.5) is 0 Å². The molecule has 0 atom stereocenters. The molecule has 116 valence electrons. The average Bonchev–Trinajstić information content (AvgIpc) is 2.87. The Morgan fingerprint density at radius 1 is 1.14 bits per heavy atom. The van der Waals surface area contributed by atoms with Crippen LogP contribution in [0.15, 0.2) is 0 Å². The van der Waals surface area contributed by atoms with E-state index in [4.69, 9.17) is 16.3 Å². The summed E-state index contributed by atoms with van der Waals surface area (Å²) in [5.41, 5.74) is 0.278. The van der Waals surface area contributed by atoms with Crippen molar-refractivity contribution in [1.29, 1.82) is 0 Å². The number of methoxy groups -OCH3 is 1. The first-order valence-corrected chi connectivity index (χ1v) is 8.75. The van der Waals surface area contributed by atoms with Crippen LogP contribution < -0.4 is 0 Å². The van der Waals surface area contributed by atoms with Crippen molar-refractivity contribution in [2.75, 3.05) is 13.7 Å². The number of ether oxygens (including phenoxy) is 1. The minimum atomic E-state index is 0.278. The first kappa shape index (κ1) is 14.0. The summed E-state index contributed by atoms with van der Waals surface area (Å²) in [7, 11) is 1.75. The number of aromatic nitrogens is 3. The number of alkyl halides is 1. The van der Waals surface area contributed by atoms with Crippen LogP contribution in [-0.4, -0.2) is 28.5 Å². The number of hydrogen-bond donors (Lipinski definition) is 0. The van der Waals surface area contributed by atoms with E-state index >= 15 is 0 Å². The van der Waals surface area contributed by atoms with E-state index in [1.165, 1.54) is 44.3 Å². The lowest BCUT2D eigenvalue weighted by Crippen LogP contribution is -2.49. The molecular weight excluding hydrogens is 286 g/mol. The van der Waals surface area contributed by atoms with Gasteiger partial charge in [0.2, 0.25) is 0 Å². The number of hydrogen-bond acceptors (Lipinski definition) is 3. The highest BCUT2D eigenvalue weighted by molar-refractivity contribution is 6.16. The van der Waals surface area contributed by atoms with Crippen molar-refractivity contribution in [3.8, 4) is 0 Å². The summed E-state index contributed by atoms with van der Waals surface area (Å²) >= 11 is 6.07. The molecule has 4 fully saturated rings. The standard InChI is InChI=1S/C16H24ClN3O/c1-21-3-2-20-14(10-17)18-19-15(20)16-7-11-4-12(8-16)6-13(5-11)9-16/h11-13H,2-10H2,1H3. The lowest BCUT2D eigenvalue weighted by Gasteiger charge is -2.56. The molecule has 5 heteroatoms. The molecule has 4 aliphatic rings. The fourth-order valence-corrected chi connectivity index (χ4v) is 5.83. The Labute approximate surface area is 131 Å². The molecule has 21 heavy (non-hydrogen) atoms. The molecule has 0 amide bonds. The first-order valence-electron chi connectivity index (χ1n) is 8.21. The van der Waals surface area contributed by atoms with Crippen LogP contribution in [0.3, 0.4) is 0 Å². The summed E-state index contributed by atoms with van der Waals surface area (Å²) in [4.78, 5) is 0. The van der Waals surface area contributed by atoms with Gasteiger partial charge in [-0.25, -0.2) is 0 Å². The second-order valence-corrected chi connectivity index (χ2v) is 7.68. The van der Waals surface area contributed by atoms with Gasteiger partial charge in [-0.05, 0) is 56.3 Å². The van der Waals surface area contributed by atoms with Gasteiger partial charge in [0.25, 0.3) is 0 Å². The molecule has 0 aliphatic heterocycles. The summed E-state index contributed by atoms with van der Waals surface area (Å²) in [5, 5.41) is 8.97. The molecule has 0 aromatic carbocycles. The smallest absolute Gasteiger partial charge is 0.148 e. The Kier molecular flexibility index (Phi) is 3.49. The largest absolute Gasteiger partial charge is 0.383 e. The van der Waals surface area contributed by atoms with Crippen LogP contribution in [0.1, 0.15) is 50.2 Å². The zero-order chi connectivity index (χ0) is 14.4. The van der Waals surface area contributed by atoms with Gasteiger partial charge in [0.1, 0.15) is 11.6 Å². The number of halogens is 1. The van der Waals surface area contributed by atoms with Gasteiger partial charge in [0, 0.05) is 19.1 Å². The summed E-state index contributed by atoms with van der Waals surface area (Å²) < 4.78 is 7.52. The topological polar surface area (TPSA) is 39.9 Å². The molecule has 4 bridgehead atoms. The molecule has 4 saturated carbocycles. The minimum absolute atomic E-state index is 0.278. The lowest BCUT2D eigenvalue weighted by atomic mass is 9.49. The van der Waals surface area contributed by atoms with Gasteiger partial charge >= 0.3 is 0 Å². The summed E-state index contributed by atoms with van der Waals surface area (Å²) in [6, 6.07) is 0. The van der Waals surface area contributed by atoms with Crippen LogP contribution in [0.25, 0.3) is 0 Å². The van der Waals surface area contributed by atoms with Crippen molar-refractivity contribution < 1.29 is 4.74 Å². The molecule has 0 N–H and O–H groups in total. The Bertz CT molecular complexity index is 492. The van der Waals surface area contributed by atoms with E-state index in [9.17, 15) is 0 Å². The minimum Gasteiger partial charge on any atom is -0.383 e. The maximum Gasteiger partial charge on any atom is 0.148 e. The molecule has 0 radical (unpaired) electrons. The lowest BCUT2D eigenvalue weighted by molar-refractivity contribution is -0.0116. The fourth-order valence-electron chi connectivity index (χ4n) is 5.63. The first-order chi connectivity index (χ1) is 10.2. The van der Waals surface area contributed by atoms with Gasteiger partial charge in [-0.15, -0.1) is 21.8 Å².